The Hall–Kier alpha value is -1.31. The zero-order valence-electron chi connectivity index (χ0n) is 11.5. The number of hydrogen-bond acceptors (Lipinski definition) is 3. The van der Waals surface area contributed by atoms with Crippen LogP contribution in [0.1, 0.15) is 27.7 Å². The summed E-state index contributed by atoms with van der Waals surface area (Å²) in [5, 5.41) is 10.4. The van der Waals surface area contributed by atoms with Crippen molar-refractivity contribution in [2.45, 2.75) is 46.1 Å². The van der Waals surface area contributed by atoms with Gasteiger partial charge in [-0.3, -0.25) is 10.1 Å². The lowest BCUT2D eigenvalue weighted by Crippen LogP contribution is -2.41. The van der Waals surface area contributed by atoms with Gasteiger partial charge in [-0.2, -0.15) is 13.2 Å². The Morgan fingerprint density at radius 1 is 1.32 bits per heavy atom. The van der Waals surface area contributed by atoms with Crippen LogP contribution in [0.5, 0.6) is 0 Å². The van der Waals surface area contributed by atoms with Crippen molar-refractivity contribution in [3.05, 3.63) is 0 Å². The normalized spacial score (nSPS) is 24.0. The van der Waals surface area contributed by atoms with Gasteiger partial charge in [0, 0.05) is 7.05 Å². The first-order valence-electron chi connectivity index (χ1n) is 5.61. The van der Waals surface area contributed by atoms with E-state index < -0.39 is 12.1 Å². The molecule has 0 aromatic carbocycles. The van der Waals surface area contributed by atoms with E-state index in [9.17, 15) is 18.0 Å². The molecule has 0 spiro atoms. The van der Waals surface area contributed by atoms with E-state index in [0.717, 1.165) is 0 Å². The fourth-order valence-electron chi connectivity index (χ4n) is 1.44. The molecule has 2 atom stereocenters. The van der Waals surface area contributed by atoms with Gasteiger partial charge in [-0.15, -0.1) is 0 Å². The van der Waals surface area contributed by atoms with Crippen LogP contribution in [-0.2, 0) is 9.59 Å². The molecule has 0 unspecified atom stereocenters. The summed E-state index contributed by atoms with van der Waals surface area (Å²) >= 11 is 0. The standard InChI is InChI=1S/C9H18N2O.C2HF3O2/c1-6-10-7(9(2,3)4)8(12)11(6)5;3-2(4,5)1(6)7/h6-7,10H,1-5H3;(H,6,7)/t6-,7-;/m1./s1. The number of alkyl halides is 3. The summed E-state index contributed by atoms with van der Waals surface area (Å²) in [7, 11) is 1.84. The topological polar surface area (TPSA) is 69.6 Å². The van der Waals surface area contributed by atoms with Crippen molar-refractivity contribution >= 4 is 11.9 Å². The maximum atomic E-state index is 11.6. The molecule has 112 valence electrons. The molecular weight excluding hydrogens is 265 g/mol. The number of aliphatic carboxylic acids is 1. The fraction of sp³-hybridized carbons (Fsp3) is 0.818. The largest absolute Gasteiger partial charge is 0.490 e. The Kier molecular flexibility index (Phi) is 5.37. The molecule has 1 fully saturated rings. The Morgan fingerprint density at radius 3 is 1.79 bits per heavy atom. The highest BCUT2D eigenvalue weighted by molar-refractivity contribution is 5.84. The molecule has 1 aliphatic rings. The Labute approximate surface area is 109 Å². The number of carboxylic acids is 1. The van der Waals surface area contributed by atoms with Crippen LogP contribution in [0.4, 0.5) is 13.2 Å². The van der Waals surface area contributed by atoms with Crippen molar-refractivity contribution in [3.8, 4) is 0 Å². The number of carbonyl (C=O) groups excluding carboxylic acids is 1. The van der Waals surface area contributed by atoms with Gasteiger partial charge in [0.15, 0.2) is 0 Å². The van der Waals surface area contributed by atoms with Crippen molar-refractivity contribution in [1.29, 1.82) is 0 Å². The highest BCUT2D eigenvalue weighted by atomic mass is 19.4. The van der Waals surface area contributed by atoms with Crippen LogP contribution in [0.2, 0.25) is 0 Å². The second-order valence-corrected chi connectivity index (χ2v) is 5.39. The molecule has 19 heavy (non-hydrogen) atoms. The zero-order valence-corrected chi connectivity index (χ0v) is 11.5. The lowest BCUT2D eigenvalue weighted by Gasteiger charge is -2.24. The van der Waals surface area contributed by atoms with Crippen LogP contribution in [0.3, 0.4) is 0 Å². The second-order valence-electron chi connectivity index (χ2n) is 5.39. The van der Waals surface area contributed by atoms with Gasteiger partial charge in [0.05, 0.1) is 12.2 Å². The summed E-state index contributed by atoms with van der Waals surface area (Å²) in [6.45, 7) is 8.24. The summed E-state index contributed by atoms with van der Waals surface area (Å²) in [6.07, 6.45) is -4.92. The molecule has 0 aromatic heterocycles. The number of hydrogen-bond donors (Lipinski definition) is 2. The number of amides is 1. The number of carbonyl (C=O) groups is 2. The maximum Gasteiger partial charge on any atom is 0.490 e. The minimum Gasteiger partial charge on any atom is -0.475 e. The van der Waals surface area contributed by atoms with Crippen LogP contribution < -0.4 is 5.32 Å². The molecule has 1 amide bonds. The molecule has 8 heteroatoms. The van der Waals surface area contributed by atoms with Crippen LogP contribution in [0.25, 0.3) is 0 Å². The minimum absolute atomic E-state index is 0.0100. The van der Waals surface area contributed by atoms with Gasteiger partial charge < -0.3 is 10.0 Å². The van der Waals surface area contributed by atoms with Crippen LogP contribution in [-0.4, -0.2) is 47.3 Å². The van der Waals surface area contributed by atoms with Crippen molar-refractivity contribution in [2.75, 3.05) is 7.05 Å². The minimum atomic E-state index is -5.08. The summed E-state index contributed by atoms with van der Waals surface area (Å²) in [6, 6.07) is -0.0301. The molecule has 1 saturated heterocycles. The summed E-state index contributed by atoms with van der Waals surface area (Å²) < 4.78 is 31.7. The molecule has 1 aliphatic heterocycles. The van der Waals surface area contributed by atoms with Crippen molar-refractivity contribution in [1.82, 2.24) is 10.2 Å². The number of nitrogens with zero attached hydrogens (tertiary/aromatic N) is 1. The summed E-state index contributed by atoms with van der Waals surface area (Å²) in [5.74, 6) is -2.55. The summed E-state index contributed by atoms with van der Waals surface area (Å²) in [5.41, 5.74) is 0.0100. The lowest BCUT2D eigenvalue weighted by atomic mass is 9.87. The Balaban J connectivity index is 0.000000399. The molecule has 0 saturated carbocycles. The predicted octanol–water partition coefficient (Wildman–Crippen LogP) is 1.44. The fourth-order valence-corrected chi connectivity index (χ4v) is 1.44. The number of carboxylic acid groups (broad SMARTS) is 1. The van der Waals surface area contributed by atoms with Crippen LogP contribution >= 0.6 is 0 Å². The third kappa shape index (κ3) is 5.06. The first kappa shape index (κ1) is 17.7. The average molecular weight is 284 g/mol. The van der Waals surface area contributed by atoms with E-state index in [0.29, 0.717) is 0 Å². The molecule has 0 radical (unpaired) electrons. The van der Waals surface area contributed by atoms with Gasteiger partial charge in [0.1, 0.15) is 0 Å². The van der Waals surface area contributed by atoms with E-state index in [2.05, 4.69) is 26.1 Å². The Bertz CT molecular complexity index is 350. The SMILES string of the molecule is C[C@@H]1N[C@@H](C(C)(C)C)C(=O)N1C.O=C(O)C(F)(F)F. The maximum absolute atomic E-state index is 11.6. The van der Waals surface area contributed by atoms with Gasteiger partial charge in [-0.05, 0) is 12.3 Å². The van der Waals surface area contributed by atoms with E-state index in [-0.39, 0.29) is 23.5 Å². The lowest BCUT2D eigenvalue weighted by molar-refractivity contribution is -0.192. The number of likely N-dealkylation sites (N-methyl/N-ethyl adjacent to an activating group) is 1. The second kappa shape index (κ2) is 5.77. The van der Waals surface area contributed by atoms with Gasteiger partial charge in [-0.1, -0.05) is 20.8 Å². The van der Waals surface area contributed by atoms with Crippen molar-refractivity contribution in [2.24, 2.45) is 5.41 Å². The van der Waals surface area contributed by atoms with E-state index in [1.165, 1.54) is 0 Å². The Morgan fingerprint density at radius 2 is 1.68 bits per heavy atom. The average Bonchev–Trinajstić information content (AvgIpc) is 2.44. The molecular formula is C11H19F3N2O3. The van der Waals surface area contributed by atoms with Gasteiger partial charge >= 0.3 is 12.1 Å². The van der Waals surface area contributed by atoms with Crippen LogP contribution in [0.15, 0.2) is 0 Å². The van der Waals surface area contributed by atoms with E-state index >= 15 is 0 Å². The van der Waals surface area contributed by atoms with Gasteiger partial charge in [0.2, 0.25) is 5.91 Å². The van der Waals surface area contributed by atoms with Gasteiger partial charge in [-0.25, -0.2) is 4.79 Å². The molecule has 0 aromatic rings. The molecule has 1 heterocycles. The van der Waals surface area contributed by atoms with Crippen molar-refractivity contribution < 1.29 is 27.9 Å². The highest BCUT2D eigenvalue weighted by Crippen LogP contribution is 2.25. The third-order valence-electron chi connectivity index (χ3n) is 2.69. The molecule has 0 aliphatic carbocycles. The van der Waals surface area contributed by atoms with Gasteiger partial charge in [0.25, 0.3) is 0 Å². The summed E-state index contributed by atoms with van der Waals surface area (Å²) in [4.78, 5) is 22.3. The number of rotatable bonds is 0. The molecule has 5 nitrogen and oxygen atoms in total. The smallest absolute Gasteiger partial charge is 0.475 e. The first-order valence-corrected chi connectivity index (χ1v) is 5.61. The first-order chi connectivity index (χ1) is 8.28. The van der Waals surface area contributed by atoms with Crippen molar-refractivity contribution in [3.63, 3.8) is 0 Å². The molecule has 0 bridgehead atoms. The van der Waals surface area contributed by atoms with Crippen LogP contribution in [0, 0.1) is 5.41 Å². The zero-order chi connectivity index (χ0) is 15.6. The predicted molar refractivity (Wildman–Crippen MR) is 62.3 cm³/mol. The highest BCUT2D eigenvalue weighted by Gasteiger charge is 2.41. The molecule has 2 N–H and O–H groups in total. The molecule has 1 rings (SSSR count). The number of halogens is 3. The van der Waals surface area contributed by atoms with E-state index in [1.54, 1.807) is 4.90 Å². The quantitative estimate of drug-likeness (QED) is 0.706. The van der Waals surface area contributed by atoms with E-state index in [1.807, 2.05) is 14.0 Å². The van der Waals surface area contributed by atoms with E-state index in [4.69, 9.17) is 9.90 Å². The monoisotopic (exact) mass is 284 g/mol. The number of nitrogens with one attached hydrogen (secondary N) is 1. The third-order valence-corrected chi connectivity index (χ3v) is 2.69.